The third kappa shape index (κ3) is 4.15. The molecule has 1 saturated carbocycles. The van der Waals surface area contributed by atoms with Crippen molar-refractivity contribution >= 4 is 29.2 Å². The predicted molar refractivity (Wildman–Crippen MR) is 85.2 cm³/mol. The van der Waals surface area contributed by atoms with Crippen molar-refractivity contribution in [3.63, 3.8) is 0 Å². The van der Waals surface area contributed by atoms with Gasteiger partial charge in [0, 0.05) is 21.6 Å². The second kappa shape index (κ2) is 6.67. The number of rotatable bonds is 4. The molecule has 0 amide bonds. The Kier molecular flexibility index (Phi) is 5.17. The fraction of sp³-hybridized carbons (Fsp3) is 0.533. The summed E-state index contributed by atoms with van der Waals surface area (Å²) in [7, 11) is 0. The molecule has 1 aromatic carbocycles. The molecule has 2 unspecified atom stereocenters. The van der Waals surface area contributed by atoms with Crippen LogP contribution in [-0.4, -0.2) is 11.1 Å². The number of nitrogen functional groups attached to an aromatic ring is 1. The zero-order valence-corrected chi connectivity index (χ0v) is 12.9. The molecule has 1 aromatic rings. The van der Waals surface area contributed by atoms with Gasteiger partial charge in [0.05, 0.1) is 0 Å². The molecule has 1 aliphatic rings. The summed E-state index contributed by atoms with van der Waals surface area (Å²) in [5.74, 6) is 1.89. The van der Waals surface area contributed by atoms with E-state index in [0.29, 0.717) is 5.56 Å². The molecule has 1 aliphatic carbocycles. The Hall–Kier alpha value is -0.670. The Morgan fingerprint density at radius 1 is 1.47 bits per heavy atom. The maximum Gasteiger partial charge on any atom is 0.122 e. The molecule has 104 valence electrons. The molecule has 2 atom stereocenters. The van der Waals surface area contributed by atoms with E-state index in [2.05, 4.69) is 6.92 Å². The first kappa shape index (κ1) is 14.7. The number of hydrogen-bond acceptors (Lipinski definition) is 2. The number of nitrogens with two attached hydrogens (primary N) is 1. The number of thioether (sulfide) groups is 1. The third-order valence-corrected chi connectivity index (χ3v) is 5.46. The molecule has 1 fully saturated rings. The molecule has 0 aromatic heterocycles. The summed E-state index contributed by atoms with van der Waals surface area (Å²) in [6, 6.07) is 5.68. The molecule has 4 heteroatoms. The summed E-state index contributed by atoms with van der Waals surface area (Å²) < 4.78 is 0. The quantitative estimate of drug-likeness (QED) is 0.637. The highest BCUT2D eigenvalue weighted by Crippen LogP contribution is 2.34. The number of hydrogen-bond donors (Lipinski definition) is 2. The minimum atomic E-state index is 0.0715. The summed E-state index contributed by atoms with van der Waals surface area (Å²) in [4.78, 5) is 0. The van der Waals surface area contributed by atoms with Crippen LogP contribution in [0.2, 0.25) is 5.02 Å². The molecule has 2 rings (SSSR count). The minimum absolute atomic E-state index is 0.0715. The molecule has 19 heavy (non-hydrogen) atoms. The summed E-state index contributed by atoms with van der Waals surface area (Å²) in [6.45, 7) is 2.35. The van der Waals surface area contributed by atoms with Gasteiger partial charge in [-0.15, -0.1) is 0 Å². The summed E-state index contributed by atoms with van der Waals surface area (Å²) >= 11 is 8.27. The molecule has 0 heterocycles. The largest absolute Gasteiger partial charge is 0.384 e. The van der Waals surface area contributed by atoms with Crippen molar-refractivity contribution < 1.29 is 0 Å². The Balaban J connectivity index is 1.94. The van der Waals surface area contributed by atoms with Gasteiger partial charge in [-0.3, -0.25) is 5.41 Å². The van der Waals surface area contributed by atoms with E-state index in [1.165, 1.54) is 25.7 Å². The summed E-state index contributed by atoms with van der Waals surface area (Å²) in [6.07, 6.45) is 5.40. The van der Waals surface area contributed by atoms with Crippen LogP contribution in [0.15, 0.2) is 18.2 Å². The van der Waals surface area contributed by atoms with Crippen molar-refractivity contribution in [1.29, 1.82) is 5.41 Å². The second-order valence-electron chi connectivity index (χ2n) is 5.42. The zero-order chi connectivity index (χ0) is 13.8. The van der Waals surface area contributed by atoms with E-state index in [1.807, 2.05) is 23.9 Å². The lowest BCUT2D eigenvalue weighted by Crippen LogP contribution is -2.15. The van der Waals surface area contributed by atoms with E-state index in [-0.39, 0.29) is 5.84 Å². The van der Waals surface area contributed by atoms with Gasteiger partial charge in [-0.05, 0) is 30.4 Å². The Morgan fingerprint density at radius 3 is 2.89 bits per heavy atom. The SMILES string of the molecule is CC1CCCC(SCc2ccc(C(=N)N)cc2Cl)C1. The first-order valence-electron chi connectivity index (χ1n) is 6.80. The van der Waals surface area contributed by atoms with Crippen molar-refractivity contribution in [1.82, 2.24) is 0 Å². The summed E-state index contributed by atoms with van der Waals surface area (Å²) in [5.41, 5.74) is 7.31. The lowest BCUT2D eigenvalue weighted by molar-refractivity contribution is 0.394. The molecular formula is C15H21ClN2S. The highest BCUT2D eigenvalue weighted by molar-refractivity contribution is 7.99. The molecule has 0 bridgehead atoms. The van der Waals surface area contributed by atoms with Crippen molar-refractivity contribution in [2.24, 2.45) is 11.7 Å². The van der Waals surface area contributed by atoms with E-state index in [4.69, 9.17) is 22.7 Å². The van der Waals surface area contributed by atoms with Crippen LogP contribution in [0.5, 0.6) is 0 Å². The molecule has 2 nitrogen and oxygen atoms in total. The molecular weight excluding hydrogens is 276 g/mol. The Bertz CT molecular complexity index is 461. The van der Waals surface area contributed by atoms with Crippen molar-refractivity contribution in [2.75, 3.05) is 0 Å². The lowest BCUT2D eigenvalue weighted by Gasteiger charge is -2.26. The number of nitrogens with one attached hydrogen (secondary N) is 1. The van der Waals surface area contributed by atoms with Crippen LogP contribution in [0.3, 0.4) is 0 Å². The van der Waals surface area contributed by atoms with Gasteiger partial charge in [-0.1, -0.05) is 43.5 Å². The standard InChI is InChI=1S/C15H21ClN2S/c1-10-3-2-4-13(7-10)19-9-12-6-5-11(15(17)18)8-14(12)16/h5-6,8,10,13H,2-4,7,9H2,1H3,(H3,17,18). The Labute approximate surface area is 124 Å². The average Bonchev–Trinajstić information content (AvgIpc) is 2.37. The molecule has 3 N–H and O–H groups in total. The fourth-order valence-corrected chi connectivity index (χ4v) is 4.36. The van der Waals surface area contributed by atoms with Gasteiger partial charge in [0.15, 0.2) is 0 Å². The highest BCUT2D eigenvalue weighted by atomic mass is 35.5. The average molecular weight is 297 g/mol. The van der Waals surface area contributed by atoms with E-state index < -0.39 is 0 Å². The van der Waals surface area contributed by atoms with Crippen molar-refractivity contribution in [2.45, 2.75) is 43.6 Å². The first-order valence-corrected chi connectivity index (χ1v) is 8.23. The van der Waals surface area contributed by atoms with Gasteiger partial charge >= 0.3 is 0 Å². The molecule has 0 saturated heterocycles. The van der Waals surface area contributed by atoms with Gasteiger partial charge in [0.25, 0.3) is 0 Å². The number of halogens is 1. The van der Waals surface area contributed by atoms with Crippen LogP contribution in [0, 0.1) is 11.3 Å². The normalized spacial score (nSPS) is 23.3. The van der Waals surface area contributed by atoms with Gasteiger partial charge in [-0.2, -0.15) is 11.8 Å². The lowest BCUT2D eigenvalue weighted by atomic mass is 9.91. The summed E-state index contributed by atoms with van der Waals surface area (Å²) in [5, 5.41) is 8.90. The number of amidine groups is 1. The van der Waals surface area contributed by atoms with E-state index in [0.717, 1.165) is 27.5 Å². The zero-order valence-electron chi connectivity index (χ0n) is 11.3. The van der Waals surface area contributed by atoms with Crippen LogP contribution in [0.4, 0.5) is 0 Å². The van der Waals surface area contributed by atoms with Crippen molar-refractivity contribution in [3.05, 3.63) is 34.3 Å². The molecule has 0 aliphatic heterocycles. The maximum atomic E-state index is 7.40. The smallest absolute Gasteiger partial charge is 0.122 e. The Morgan fingerprint density at radius 2 is 2.26 bits per heavy atom. The van der Waals surface area contributed by atoms with Gasteiger partial charge in [0.2, 0.25) is 0 Å². The van der Waals surface area contributed by atoms with Gasteiger partial charge in [-0.25, -0.2) is 0 Å². The molecule has 0 spiro atoms. The topological polar surface area (TPSA) is 49.9 Å². The van der Waals surface area contributed by atoms with Crippen LogP contribution in [-0.2, 0) is 5.75 Å². The fourth-order valence-electron chi connectivity index (χ4n) is 2.57. The van der Waals surface area contributed by atoms with Crippen LogP contribution in [0.25, 0.3) is 0 Å². The third-order valence-electron chi connectivity index (χ3n) is 3.73. The first-order chi connectivity index (χ1) is 9.06. The minimum Gasteiger partial charge on any atom is -0.384 e. The van der Waals surface area contributed by atoms with E-state index in [9.17, 15) is 0 Å². The van der Waals surface area contributed by atoms with Crippen LogP contribution in [0.1, 0.15) is 43.7 Å². The van der Waals surface area contributed by atoms with Gasteiger partial charge < -0.3 is 5.73 Å². The van der Waals surface area contributed by atoms with Gasteiger partial charge in [0.1, 0.15) is 5.84 Å². The maximum absolute atomic E-state index is 7.40. The van der Waals surface area contributed by atoms with Crippen molar-refractivity contribution in [3.8, 4) is 0 Å². The second-order valence-corrected chi connectivity index (χ2v) is 7.12. The van der Waals surface area contributed by atoms with Crippen LogP contribution >= 0.6 is 23.4 Å². The van der Waals surface area contributed by atoms with E-state index >= 15 is 0 Å². The highest BCUT2D eigenvalue weighted by Gasteiger charge is 2.19. The number of benzene rings is 1. The molecule has 0 radical (unpaired) electrons. The van der Waals surface area contributed by atoms with Crippen LogP contribution < -0.4 is 5.73 Å². The van der Waals surface area contributed by atoms with E-state index in [1.54, 1.807) is 6.07 Å². The predicted octanol–water partition coefficient (Wildman–Crippen LogP) is 4.44. The monoisotopic (exact) mass is 296 g/mol.